The van der Waals surface area contributed by atoms with Gasteiger partial charge in [0.25, 0.3) is 0 Å². The van der Waals surface area contributed by atoms with E-state index in [1.807, 2.05) is 29.9 Å². The molecule has 31 heavy (non-hydrogen) atoms. The van der Waals surface area contributed by atoms with Gasteiger partial charge in [-0.1, -0.05) is 5.21 Å². The number of ether oxygens (including phenoxy) is 1. The predicted molar refractivity (Wildman–Crippen MR) is 117 cm³/mol. The van der Waals surface area contributed by atoms with Gasteiger partial charge in [-0.05, 0) is 38.8 Å². The zero-order valence-corrected chi connectivity index (χ0v) is 17.6. The molecule has 1 aliphatic heterocycles. The summed E-state index contributed by atoms with van der Waals surface area (Å²) < 4.78 is 7.69. The average molecular weight is 416 g/mol. The van der Waals surface area contributed by atoms with Gasteiger partial charge >= 0.3 is 0 Å². The number of aromatic nitrogens is 7. The minimum absolute atomic E-state index is 0.238. The quantitative estimate of drug-likeness (QED) is 0.546. The fraction of sp³-hybridized carbons (Fsp3) is 0.409. The van der Waals surface area contributed by atoms with Crippen LogP contribution in [0.3, 0.4) is 0 Å². The van der Waals surface area contributed by atoms with E-state index in [1.165, 1.54) is 0 Å². The number of nitrogens with zero attached hydrogens (tertiary/aromatic N) is 7. The van der Waals surface area contributed by atoms with Gasteiger partial charge in [-0.2, -0.15) is 0 Å². The molecule has 0 amide bonds. The van der Waals surface area contributed by atoms with Crippen molar-refractivity contribution in [2.75, 3.05) is 24.7 Å². The van der Waals surface area contributed by atoms with Crippen LogP contribution in [0.25, 0.3) is 33.8 Å². The van der Waals surface area contributed by atoms with Gasteiger partial charge in [0.1, 0.15) is 17.2 Å². The summed E-state index contributed by atoms with van der Waals surface area (Å²) in [5, 5.41) is 9.78. The zero-order chi connectivity index (χ0) is 20.9. The fourth-order valence-electron chi connectivity index (χ4n) is 4.30. The smallest absolute Gasteiger partial charge is 0.163 e. The summed E-state index contributed by atoms with van der Waals surface area (Å²) in [6.07, 6.45) is 5.96. The van der Waals surface area contributed by atoms with E-state index in [2.05, 4.69) is 38.2 Å². The van der Waals surface area contributed by atoms with E-state index >= 15 is 0 Å². The lowest BCUT2D eigenvalue weighted by Crippen LogP contribution is -2.44. The van der Waals surface area contributed by atoms with Crippen LogP contribution in [0.1, 0.15) is 31.5 Å². The molecule has 4 aromatic heterocycles. The molecule has 1 aliphatic carbocycles. The van der Waals surface area contributed by atoms with Gasteiger partial charge in [0.15, 0.2) is 5.82 Å². The molecule has 1 saturated heterocycles. The topological polar surface area (TPSA) is 97.6 Å². The Kier molecular flexibility index (Phi) is 4.24. The SMILES string of the molecule is Cc1nnn(C2CC2)c1-c1cc(N2CCOC[C@H]2C)nc(-c2ccnc3[nH]ccc23)n1. The molecule has 9 heteroatoms. The Hall–Kier alpha value is -3.33. The van der Waals surface area contributed by atoms with E-state index in [4.69, 9.17) is 14.7 Å². The maximum absolute atomic E-state index is 5.65. The van der Waals surface area contributed by atoms with Gasteiger partial charge in [-0.3, -0.25) is 0 Å². The highest BCUT2D eigenvalue weighted by Gasteiger charge is 2.30. The number of nitrogens with one attached hydrogen (secondary N) is 1. The van der Waals surface area contributed by atoms with E-state index in [0.29, 0.717) is 25.1 Å². The third-order valence-corrected chi connectivity index (χ3v) is 6.07. The van der Waals surface area contributed by atoms with Crippen LogP contribution in [0.2, 0.25) is 0 Å². The second kappa shape index (κ2) is 7.12. The molecule has 0 bridgehead atoms. The number of hydrogen-bond acceptors (Lipinski definition) is 7. The molecule has 0 spiro atoms. The molecule has 4 aromatic rings. The molecule has 6 rings (SSSR count). The Balaban J connectivity index is 1.56. The Labute approximate surface area is 179 Å². The minimum atomic E-state index is 0.238. The van der Waals surface area contributed by atoms with Crippen LogP contribution in [0.15, 0.2) is 30.6 Å². The normalized spacial score (nSPS) is 19.3. The molecule has 0 unspecified atom stereocenters. The van der Waals surface area contributed by atoms with Crippen molar-refractivity contribution in [3.63, 3.8) is 0 Å². The zero-order valence-electron chi connectivity index (χ0n) is 17.6. The van der Waals surface area contributed by atoms with Crippen LogP contribution in [-0.4, -0.2) is 60.7 Å². The highest BCUT2D eigenvalue weighted by atomic mass is 16.5. The third kappa shape index (κ3) is 3.16. The summed E-state index contributed by atoms with van der Waals surface area (Å²) in [6.45, 7) is 6.34. The lowest BCUT2D eigenvalue weighted by molar-refractivity contribution is 0.0985. The summed E-state index contributed by atoms with van der Waals surface area (Å²) in [6, 6.07) is 6.72. The summed E-state index contributed by atoms with van der Waals surface area (Å²) >= 11 is 0. The van der Waals surface area contributed by atoms with Crippen LogP contribution in [-0.2, 0) is 4.74 Å². The first-order valence-electron chi connectivity index (χ1n) is 10.8. The number of pyridine rings is 1. The van der Waals surface area contributed by atoms with Crippen LogP contribution in [0.4, 0.5) is 5.82 Å². The van der Waals surface area contributed by atoms with Crippen molar-refractivity contribution in [3.05, 3.63) is 36.3 Å². The Morgan fingerprint density at radius 2 is 2.10 bits per heavy atom. The minimum Gasteiger partial charge on any atom is -0.377 e. The first-order valence-corrected chi connectivity index (χ1v) is 10.8. The molecule has 0 aromatic carbocycles. The van der Waals surface area contributed by atoms with Gasteiger partial charge in [0.2, 0.25) is 0 Å². The lowest BCUT2D eigenvalue weighted by Gasteiger charge is -2.34. The largest absolute Gasteiger partial charge is 0.377 e. The second-order valence-corrected chi connectivity index (χ2v) is 8.35. The summed E-state index contributed by atoms with van der Waals surface area (Å²) in [5.41, 5.74) is 4.51. The second-order valence-electron chi connectivity index (χ2n) is 8.35. The summed E-state index contributed by atoms with van der Waals surface area (Å²) in [7, 11) is 0. The van der Waals surface area contributed by atoms with E-state index in [-0.39, 0.29) is 6.04 Å². The summed E-state index contributed by atoms with van der Waals surface area (Å²) in [4.78, 5) is 19.9. The number of rotatable bonds is 4. The van der Waals surface area contributed by atoms with Crippen molar-refractivity contribution in [1.82, 2.24) is 34.9 Å². The van der Waals surface area contributed by atoms with Crippen LogP contribution in [0, 0.1) is 6.92 Å². The van der Waals surface area contributed by atoms with Crippen molar-refractivity contribution < 1.29 is 4.74 Å². The molecule has 1 saturated carbocycles. The number of aryl methyl sites for hydroxylation is 1. The number of hydrogen-bond donors (Lipinski definition) is 1. The first kappa shape index (κ1) is 18.4. The van der Waals surface area contributed by atoms with Crippen molar-refractivity contribution in [2.45, 2.75) is 38.8 Å². The molecule has 2 fully saturated rings. The molecule has 158 valence electrons. The number of fused-ring (bicyclic) bond motifs is 1. The van der Waals surface area contributed by atoms with Gasteiger partial charge in [-0.25, -0.2) is 19.6 Å². The molecule has 5 heterocycles. The maximum atomic E-state index is 5.65. The van der Waals surface area contributed by atoms with Crippen molar-refractivity contribution in [1.29, 1.82) is 0 Å². The Bertz CT molecular complexity index is 1260. The molecule has 0 radical (unpaired) electrons. The van der Waals surface area contributed by atoms with Gasteiger partial charge < -0.3 is 14.6 Å². The maximum Gasteiger partial charge on any atom is 0.163 e. The van der Waals surface area contributed by atoms with E-state index < -0.39 is 0 Å². The number of anilines is 1. The van der Waals surface area contributed by atoms with Crippen molar-refractivity contribution in [3.8, 4) is 22.8 Å². The number of H-pyrrole nitrogens is 1. The highest BCUT2D eigenvalue weighted by molar-refractivity contribution is 5.91. The summed E-state index contributed by atoms with van der Waals surface area (Å²) in [5.74, 6) is 1.58. The molecule has 1 atom stereocenters. The van der Waals surface area contributed by atoms with Crippen LogP contribution in [0.5, 0.6) is 0 Å². The molecule has 2 aliphatic rings. The standard InChI is InChI=1S/C22H24N8O/c1-13-12-31-10-9-29(13)19-11-18(20-14(2)27-28-30(20)15-3-4-15)25-22(26-19)17-6-8-24-21-16(17)5-7-23-21/h5-8,11,13,15H,3-4,9-10,12H2,1-2H3,(H,23,24)/t13-/m1/s1. The molecular formula is C22H24N8O. The first-order chi connectivity index (χ1) is 15.2. The predicted octanol–water partition coefficient (Wildman–Crippen LogP) is 3.15. The van der Waals surface area contributed by atoms with E-state index in [9.17, 15) is 0 Å². The number of morpholine rings is 1. The Morgan fingerprint density at radius 1 is 1.19 bits per heavy atom. The van der Waals surface area contributed by atoms with Gasteiger partial charge in [0, 0.05) is 36.0 Å². The van der Waals surface area contributed by atoms with Crippen molar-refractivity contribution >= 4 is 16.9 Å². The van der Waals surface area contributed by atoms with Gasteiger partial charge in [-0.15, -0.1) is 5.10 Å². The lowest BCUT2D eigenvalue weighted by atomic mass is 10.1. The monoisotopic (exact) mass is 416 g/mol. The molecule has 9 nitrogen and oxygen atoms in total. The van der Waals surface area contributed by atoms with E-state index in [1.54, 1.807) is 6.20 Å². The van der Waals surface area contributed by atoms with E-state index in [0.717, 1.165) is 58.9 Å². The van der Waals surface area contributed by atoms with Gasteiger partial charge in [0.05, 0.1) is 36.7 Å². The van der Waals surface area contributed by atoms with Crippen molar-refractivity contribution in [2.24, 2.45) is 0 Å². The Morgan fingerprint density at radius 3 is 2.94 bits per heavy atom. The molecule has 1 N–H and O–H groups in total. The molecular weight excluding hydrogens is 392 g/mol. The van der Waals surface area contributed by atoms with Crippen LogP contribution >= 0.6 is 0 Å². The third-order valence-electron chi connectivity index (χ3n) is 6.07. The fourth-order valence-corrected chi connectivity index (χ4v) is 4.30. The highest BCUT2D eigenvalue weighted by Crippen LogP contribution is 2.39. The van der Waals surface area contributed by atoms with Crippen LogP contribution < -0.4 is 4.90 Å². The average Bonchev–Trinajstić information content (AvgIpc) is 3.38. The number of aromatic amines is 1.